The van der Waals surface area contributed by atoms with Crippen molar-refractivity contribution in [3.8, 4) is 5.75 Å². The van der Waals surface area contributed by atoms with Gasteiger partial charge in [-0.25, -0.2) is 13.2 Å². The fraction of sp³-hybridized carbons (Fsp3) is 0.458. The van der Waals surface area contributed by atoms with Crippen LogP contribution in [0, 0.1) is 0 Å². The first-order valence-electron chi connectivity index (χ1n) is 11.8. The van der Waals surface area contributed by atoms with Crippen LogP contribution < -0.4 is 19.7 Å². The van der Waals surface area contributed by atoms with Crippen molar-refractivity contribution in [3.63, 3.8) is 0 Å². The van der Waals surface area contributed by atoms with Gasteiger partial charge in [-0.15, -0.1) is 0 Å². The van der Waals surface area contributed by atoms with Crippen LogP contribution in [0.1, 0.15) is 45.1 Å². The SMILES string of the molecule is CC(=O)NC[C@H]1CN(S(=O)(=O)c2cncc(C3CC3)c2)c2cc(NC(=O)OC(C)(C)C(F)(F)F)ccc2O1. The number of sulfonamides is 1. The fourth-order valence-corrected chi connectivity index (χ4v) is 5.26. The van der Waals surface area contributed by atoms with Crippen LogP contribution in [0.25, 0.3) is 0 Å². The molecule has 1 aliphatic heterocycles. The van der Waals surface area contributed by atoms with Crippen molar-refractivity contribution in [1.82, 2.24) is 10.3 Å². The average Bonchev–Trinajstić information content (AvgIpc) is 3.67. The van der Waals surface area contributed by atoms with E-state index in [1.54, 1.807) is 12.3 Å². The van der Waals surface area contributed by atoms with E-state index in [1.165, 1.54) is 31.3 Å². The van der Waals surface area contributed by atoms with Gasteiger partial charge in [-0.3, -0.25) is 19.4 Å². The topological polar surface area (TPSA) is 127 Å². The number of carbonyl (C=O) groups is 2. The van der Waals surface area contributed by atoms with E-state index < -0.39 is 34.0 Å². The number of rotatable bonds is 7. The van der Waals surface area contributed by atoms with E-state index in [0.29, 0.717) is 13.8 Å². The highest BCUT2D eigenvalue weighted by Crippen LogP contribution is 2.42. The summed E-state index contributed by atoms with van der Waals surface area (Å²) in [6.07, 6.45) is -2.16. The summed E-state index contributed by atoms with van der Waals surface area (Å²) >= 11 is 0. The predicted octanol–water partition coefficient (Wildman–Crippen LogP) is 3.94. The summed E-state index contributed by atoms with van der Waals surface area (Å²) in [6.45, 7) is 2.58. The molecule has 0 saturated heterocycles. The maximum Gasteiger partial charge on any atom is 0.427 e. The van der Waals surface area contributed by atoms with E-state index in [2.05, 4.69) is 20.4 Å². The molecule has 0 radical (unpaired) electrons. The van der Waals surface area contributed by atoms with Crippen LogP contribution in [-0.4, -0.2) is 56.4 Å². The minimum atomic E-state index is -4.80. The van der Waals surface area contributed by atoms with Gasteiger partial charge in [-0.2, -0.15) is 13.2 Å². The van der Waals surface area contributed by atoms with Crippen LogP contribution in [-0.2, 0) is 19.6 Å². The van der Waals surface area contributed by atoms with Crippen molar-refractivity contribution in [2.75, 3.05) is 22.7 Å². The van der Waals surface area contributed by atoms with Gasteiger partial charge in [0, 0.05) is 25.0 Å². The van der Waals surface area contributed by atoms with E-state index >= 15 is 0 Å². The van der Waals surface area contributed by atoms with Gasteiger partial charge in [0.15, 0.2) is 0 Å². The van der Waals surface area contributed by atoms with Gasteiger partial charge in [0.2, 0.25) is 11.5 Å². The number of hydrogen-bond donors (Lipinski definition) is 2. The summed E-state index contributed by atoms with van der Waals surface area (Å²) in [6, 6.07) is 5.54. The van der Waals surface area contributed by atoms with Crippen LogP contribution >= 0.6 is 0 Å². The molecule has 4 rings (SSSR count). The monoisotopic (exact) mass is 556 g/mol. The lowest BCUT2D eigenvalue weighted by Crippen LogP contribution is -2.48. The Balaban J connectivity index is 1.66. The fourth-order valence-electron chi connectivity index (χ4n) is 3.76. The number of ether oxygens (including phenoxy) is 2. The summed E-state index contributed by atoms with van der Waals surface area (Å²) in [5, 5.41) is 4.81. The quantitative estimate of drug-likeness (QED) is 0.529. The molecule has 2 N–H and O–H groups in total. The molecule has 2 aliphatic rings. The Hall–Kier alpha value is -3.55. The molecule has 14 heteroatoms. The van der Waals surface area contributed by atoms with Crippen molar-refractivity contribution < 1.29 is 40.7 Å². The number of hydrogen-bond acceptors (Lipinski definition) is 7. The van der Waals surface area contributed by atoms with E-state index in [0.717, 1.165) is 22.7 Å². The molecule has 2 aromatic rings. The first-order chi connectivity index (χ1) is 17.7. The third kappa shape index (κ3) is 5.95. The van der Waals surface area contributed by atoms with Gasteiger partial charge < -0.3 is 14.8 Å². The molecule has 1 aliphatic carbocycles. The summed E-state index contributed by atoms with van der Waals surface area (Å²) < 4.78 is 78.3. The molecule has 2 heterocycles. The van der Waals surface area contributed by atoms with Crippen LogP contribution in [0.15, 0.2) is 41.6 Å². The molecular weight excluding hydrogens is 529 g/mol. The predicted molar refractivity (Wildman–Crippen MR) is 131 cm³/mol. The van der Waals surface area contributed by atoms with E-state index in [1.807, 2.05) is 0 Å². The molecule has 10 nitrogen and oxygen atoms in total. The number of nitrogens with zero attached hydrogens (tertiary/aromatic N) is 2. The zero-order valence-corrected chi connectivity index (χ0v) is 21.6. The van der Waals surface area contributed by atoms with Gasteiger partial charge in [-0.1, -0.05) is 0 Å². The van der Waals surface area contributed by atoms with Crippen LogP contribution in [0.4, 0.5) is 29.3 Å². The molecule has 0 unspecified atom stereocenters. The summed E-state index contributed by atoms with van der Waals surface area (Å²) in [7, 11) is -4.18. The second-order valence-electron chi connectivity index (χ2n) is 9.65. The van der Waals surface area contributed by atoms with Crippen LogP contribution in [0.2, 0.25) is 0 Å². The summed E-state index contributed by atoms with van der Waals surface area (Å²) in [5.74, 6) is 0.0657. The van der Waals surface area contributed by atoms with E-state index in [-0.39, 0.29) is 46.9 Å². The average molecular weight is 557 g/mol. The Bertz CT molecular complexity index is 1340. The van der Waals surface area contributed by atoms with Crippen LogP contribution in [0.3, 0.4) is 0 Å². The van der Waals surface area contributed by atoms with Crippen LogP contribution in [0.5, 0.6) is 5.75 Å². The highest BCUT2D eigenvalue weighted by molar-refractivity contribution is 7.92. The van der Waals surface area contributed by atoms with Crippen molar-refractivity contribution >= 4 is 33.4 Å². The number of anilines is 2. The molecule has 1 fully saturated rings. The summed E-state index contributed by atoms with van der Waals surface area (Å²) in [5.41, 5.74) is -1.91. The van der Waals surface area contributed by atoms with Gasteiger partial charge >= 0.3 is 12.3 Å². The number of alkyl halides is 3. The number of halogens is 3. The molecular formula is C24H27F3N4O6S. The molecule has 2 amide bonds. The Morgan fingerprint density at radius 3 is 2.53 bits per heavy atom. The van der Waals surface area contributed by atoms with Crippen molar-refractivity contribution in [1.29, 1.82) is 0 Å². The number of fused-ring (bicyclic) bond motifs is 1. The van der Waals surface area contributed by atoms with Crippen molar-refractivity contribution in [3.05, 3.63) is 42.2 Å². The van der Waals surface area contributed by atoms with E-state index in [4.69, 9.17) is 4.74 Å². The van der Waals surface area contributed by atoms with Crippen molar-refractivity contribution in [2.24, 2.45) is 0 Å². The Kier molecular flexibility index (Phi) is 7.21. The Labute approximate surface area is 217 Å². The van der Waals surface area contributed by atoms with E-state index in [9.17, 15) is 31.2 Å². The van der Waals surface area contributed by atoms with Gasteiger partial charge in [-0.05, 0) is 62.4 Å². The Morgan fingerprint density at radius 1 is 1.18 bits per heavy atom. The maximum absolute atomic E-state index is 13.8. The molecule has 0 spiro atoms. The number of aromatic nitrogens is 1. The number of nitrogens with one attached hydrogen (secondary N) is 2. The lowest BCUT2D eigenvalue weighted by Gasteiger charge is -2.35. The first-order valence-corrected chi connectivity index (χ1v) is 13.2. The standard InChI is InChI=1S/C24H27F3N4O6S/c1-14(32)29-11-18-13-31(38(34,35)19-8-16(10-28-12-19)15-4-5-15)20-9-17(6-7-21(20)36-18)30-22(33)37-23(2,3)24(25,26)27/h6-10,12,15,18H,4-5,11,13H2,1-3H3,(H,29,32)(H,30,33)/t18-/m0/s1. The number of carbonyl (C=O) groups excluding carboxylic acids is 2. The van der Waals surface area contributed by atoms with Gasteiger partial charge in [0.25, 0.3) is 10.0 Å². The second kappa shape index (κ2) is 9.97. The number of amides is 2. The Morgan fingerprint density at radius 2 is 1.89 bits per heavy atom. The highest BCUT2D eigenvalue weighted by atomic mass is 32.2. The first kappa shape index (κ1) is 27.5. The molecule has 206 valence electrons. The maximum atomic E-state index is 13.8. The third-order valence-electron chi connectivity index (χ3n) is 6.12. The number of pyridine rings is 1. The molecule has 1 atom stereocenters. The van der Waals surface area contributed by atoms with Gasteiger partial charge in [0.1, 0.15) is 16.7 Å². The minimum absolute atomic E-state index is 0.0132. The molecule has 38 heavy (non-hydrogen) atoms. The zero-order chi connectivity index (χ0) is 27.9. The lowest BCUT2D eigenvalue weighted by atomic mass is 10.1. The van der Waals surface area contributed by atoms with Gasteiger partial charge in [0.05, 0.1) is 18.8 Å². The zero-order valence-electron chi connectivity index (χ0n) is 20.8. The smallest absolute Gasteiger partial charge is 0.427 e. The number of benzene rings is 1. The third-order valence-corrected chi connectivity index (χ3v) is 7.86. The lowest BCUT2D eigenvalue weighted by molar-refractivity contribution is -0.242. The molecule has 1 aromatic heterocycles. The molecule has 0 bridgehead atoms. The minimum Gasteiger partial charge on any atom is -0.484 e. The summed E-state index contributed by atoms with van der Waals surface area (Å²) in [4.78, 5) is 27.7. The largest absolute Gasteiger partial charge is 0.484 e. The molecule has 1 saturated carbocycles. The molecule has 1 aromatic carbocycles. The normalized spacial score (nSPS) is 17.7. The van der Waals surface area contributed by atoms with Crippen molar-refractivity contribution in [2.45, 2.75) is 62.3 Å². The second-order valence-corrected chi connectivity index (χ2v) is 11.5. The highest BCUT2D eigenvalue weighted by Gasteiger charge is 2.51.